The smallest absolute Gasteiger partial charge is 0.312 e. The van der Waals surface area contributed by atoms with Crippen molar-refractivity contribution in [3.05, 3.63) is 28.3 Å². The fraction of sp³-hybridized carbons (Fsp3) is 0.455. The molecule has 0 atom stereocenters. The van der Waals surface area contributed by atoms with Crippen LogP contribution < -0.4 is 5.32 Å². The first-order chi connectivity index (χ1) is 9.36. The maximum absolute atomic E-state index is 12.3. The van der Waals surface area contributed by atoms with Gasteiger partial charge in [-0.05, 0) is 19.1 Å². The normalized spacial score (nSPS) is 11.6. The van der Waals surface area contributed by atoms with E-state index >= 15 is 0 Å². The number of sulfonamides is 1. The van der Waals surface area contributed by atoms with E-state index in [1.54, 1.807) is 6.92 Å². The molecule has 8 nitrogen and oxygen atoms in total. The molecule has 0 aliphatic carbocycles. The molecule has 0 spiro atoms. The number of benzene rings is 1. The van der Waals surface area contributed by atoms with Gasteiger partial charge in [0.15, 0.2) is 4.90 Å². The van der Waals surface area contributed by atoms with Crippen molar-refractivity contribution in [1.82, 2.24) is 4.31 Å². The zero-order chi connectivity index (χ0) is 15.3. The van der Waals surface area contributed by atoms with Gasteiger partial charge in [-0.2, -0.15) is 4.31 Å². The van der Waals surface area contributed by atoms with Gasteiger partial charge < -0.3 is 10.4 Å². The largest absolute Gasteiger partial charge is 0.395 e. The third-order valence-electron chi connectivity index (χ3n) is 2.65. The quantitative estimate of drug-likeness (QED) is 0.564. The molecule has 0 amide bonds. The van der Waals surface area contributed by atoms with E-state index in [1.807, 2.05) is 0 Å². The number of anilines is 1. The molecule has 0 heterocycles. The Balaban J connectivity index is 3.45. The second-order valence-electron chi connectivity index (χ2n) is 3.99. The average molecular weight is 303 g/mol. The lowest BCUT2D eigenvalue weighted by Gasteiger charge is -2.16. The van der Waals surface area contributed by atoms with Crippen LogP contribution in [0.25, 0.3) is 0 Å². The summed E-state index contributed by atoms with van der Waals surface area (Å²) in [5.41, 5.74) is -0.338. The summed E-state index contributed by atoms with van der Waals surface area (Å²) in [6.45, 7) is 1.68. The van der Waals surface area contributed by atoms with Gasteiger partial charge in [0.1, 0.15) is 5.69 Å². The minimum atomic E-state index is -4.03. The number of aliphatic hydroxyl groups excluding tert-OH is 1. The summed E-state index contributed by atoms with van der Waals surface area (Å²) in [6, 6.07) is 4.07. The molecule has 0 fully saturated rings. The molecule has 0 radical (unpaired) electrons. The number of para-hydroxylation sites is 1. The summed E-state index contributed by atoms with van der Waals surface area (Å²) >= 11 is 0. The summed E-state index contributed by atoms with van der Waals surface area (Å²) < 4.78 is 25.5. The Morgan fingerprint density at radius 1 is 1.45 bits per heavy atom. The van der Waals surface area contributed by atoms with Gasteiger partial charge in [0, 0.05) is 20.1 Å². The molecule has 0 aliphatic heterocycles. The minimum Gasteiger partial charge on any atom is -0.395 e. The molecule has 1 rings (SSSR count). The van der Waals surface area contributed by atoms with Crippen molar-refractivity contribution in [3.8, 4) is 0 Å². The lowest BCUT2D eigenvalue weighted by atomic mass is 10.2. The fourth-order valence-electron chi connectivity index (χ4n) is 1.68. The maximum atomic E-state index is 12.3. The molecule has 2 N–H and O–H groups in total. The third-order valence-corrected chi connectivity index (χ3v) is 4.54. The number of nitro benzene ring substituents is 1. The number of rotatable bonds is 7. The molecule has 0 unspecified atom stereocenters. The maximum Gasteiger partial charge on any atom is 0.312 e. The van der Waals surface area contributed by atoms with Crippen molar-refractivity contribution < 1.29 is 18.4 Å². The Kier molecular flexibility index (Phi) is 5.43. The van der Waals surface area contributed by atoms with Gasteiger partial charge in [0.25, 0.3) is 0 Å². The monoisotopic (exact) mass is 303 g/mol. The molecule has 0 saturated heterocycles. The van der Waals surface area contributed by atoms with Gasteiger partial charge >= 0.3 is 5.69 Å². The minimum absolute atomic E-state index is 0.134. The van der Waals surface area contributed by atoms with E-state index in [2.05, 4.69) is 5.32 Å². The molecule has 1 aromatic rings. The zero-order valence-corrected chi connectivity index (χ0v) is 12.1. The number of hydrogen-bond donors (Lipinski definition) is 2. The average Bonchev–Trinajstić information content (AvgIpc) is 2.38. The first-order valence-electron chi connectivity index (χ1n) is 5.94. The third kappa shape index (κ3) is 3.24. The molecule has 0 aliphatic rings. The SMILES string of the molecule is CCNc1cccc(S(=O)(=O)N(C)CCO)c1[N+](=O)[O-]. The van der Waals surface area contributed by atoms with Crippen LogP contribution in [0.4, 0.5) is 11.4 Å². The predicted octanol–water partition coefficient (Wildman–Crippen LogP) is 0.639. The number of nitro groups is 1. The first-order valence-corrected chi connectivity index (χ1v) is 7.38. The van der Waals surface area contributed by atoms with Crippen molar-refractivity contribution in [2.24, 2.45) is 0 Å². The van der Waals surface area contributed by atoms with Gasteiger partial charge in [-0.3, -0.25) is 10.1 Å². The lowest BCUT2D eigenvalue weighted by molar-refractivity contribution is -0.386. The standard InChI is InChI=1S/C11H17N3O5S/c1-3-12-9-5-4-6-10(11(9)14(16)17)20(18,19)13(2)7-8-15/h4-6,12,15H,3,7-8H2,1-2H3. The van der Waals surface area contributed by atoms with Crippen molar-refractivity contribution in [3.63, 3.8) is 0 Å². The van der Waals surface area contributed by atoms with Crippen molar-refractivity contribution in [2.75, 3.05) is 32.1 Å². The number of nitrogens with zero attached hydrogens (tertiary/aromatic N) is 2. The Hall–Kier alpha value is -1.71. The molecular formula is C11H17N3O5S. The second-order valence-corrected chi connectivity index (χ2v) is 6.00. The first kappa shape index (κ1) is 16.3. The zero-order valence-electron chi connectivity index (χ0n) is 11.2. The van der Waals surface area contributed by atoms with Crippen LogP contribution in [0, 0.1) is 10.1 Å². The predicted molar refractivity (Wildman–Crippen MR) is 74.2 cm³/mol. The van der Waals surface area contributed by atoms with Crippen LogP contribution >= 0.6 is 0 Å². The molecule has 0 aromatic heterocycles. The summed E-state index contributed by atoms with van der Waals surface area (Å²) in [5.74, 6) is 0. The molecule has 1 aromatic carbocycles. The van der Waals surface area contributed by atoms with Crippen LogP contribution in [0.15, 0.2) is 23.1 Å². The Morgan fingerprint density at radius 3 is 2.60 bits per heavy atom. The van der Waals surface area contributed by atoms with Crippen molar-refractivity contribution in [2.45, 2.75) is 11.8 Å². The van der Waals surface area contributed by atoms with E-state index in [-0.39, 0.29) is 18.8 Å². The molecule has 0 saturated carbocycles. The van der Waals surface area contributed by atoms with Crippen molar-refractivity contribution in [1.29, 1.82) is 0 Å². The Labute approximate surface area is 117 Å². The van der Waals surface area contributed by atoms with Crippen LogP contribution in [0.1, 0.15) is 6.92 Å². The summed E-state index contributed by atoms with van der Waals surface area (Å²) in [6.07, 6.45) is 0. The molecule has 9 heteroatoms. The van der Waals surface area contributed by atoms with Gasteiger partial charge in [0.05, 0.1) is 11.5 Å². The number of nitrogens with one attached hydrogen (secondary N) is 1. The second kappa shape index (κ2) is 6.64. The van der Waals surface area contributed by atoms with E-state index in [0.29, 0.717) is 6.54 Å². The van der Waals surface area contributed by atoms with Crippen LogP contribution in [-0.2, 0) is 10.0 Å². The van der Waals surface area contributed by atoms with Gasteiger partial charge in [0.2, 0.25) is 10.0 Å². The van der Waals surface area contributed by atoms with E-state index in [4.69, 9.17) is 5.11 Å². The summed E-state index contributed by atoms with van der Waals surface area (Å²) in [5, 5.41) is 22.8. The van der Waals surface area contributed by atoms with Gasteiger partial charge in [-0.15, -0.1) is 0 Å². The number of aliphatic hydroxyl groups is 1. The van der Waals surface area contributed by atoms with Crippen LogP contribution in [-0.4, -0.2) is 49.5 Å². The van der Waals surface area contributed by atoms with Gasteiger partial charge in [-0.25, -0.2) is 8.42 Å². The molecule has 112 valence electrons. The van der Waals surface area contributed by atoms with E-state index in [0.717, 1.165) is 4.31 Å². The Morgan fingerprint density at radius 2 is 2.10 bits per heavy atom. The van der Waals surface area contributed by atoms with Crippen LogP contribution in [0.2, 0.25) is 0 Å². The van der Waals surface area contributed by atoms with E-state index in [9.17, 15) is 18.5 Å². The van der Waals surface area contributed by atoms with Crippen molar-refractivity contribution >= 4 is 21.4 Å². The Bertz CT molecular complexity index is 588. The number of hydrogen-bond acceptors (Lipinski definition) is 6. The molecule has 0 bridgehead atoms. The summed E-state index contributed by atoms with van der Waals surface area (Å²) in [4.78, 5) is 10.1. The molecule has 20 heavy (non-hydrogen) atoms. The molecular weight excluding hydrogens is 286 g/mol. The highest BCUT2D eigenvalue weighted by atomic mass is 32.2. The lowest BCUT2D eigenvalue weighted by Crippen LogP contribution is -2.30. The van der Waals surface area contributed by atoms with Crippen LogP contribution in [0.3, 0.4) is 0 Å². The fourth-order valence-corrected chi connectivity index (χ4v) is 3.02. The summed E-state index contributed by atoms with van der Waals surface area (Å²) in [7, 11) is -2.77. The van der Waals surface area contributed by atoms with E-state index < -0.39 is 25.5 Å². The number of likely N-dealkylation sites (N-methyl/N-ethyl adjacent to an activating group) is 1. The highest BCUT2D eigenvalue weighted by Gasteiger charge is 2.31. The van der Waals surface area contributed by atoms with Crippen LogP contribution in [0.5, 0.6) is 0 Å². The highest BCUT2D eigenvalue weighted by Crippen LogP contribution is 2.33. The highest BCUT2D eigenvalue weighted by molar-refractivity contribution is 7.89. The topological polar surface area (TPSA) is 113 Å². The van der Waals surface area contributed by atoms with Gasteiger partial charge in [-0.1, -0.05) is 6.07 Å². The van der Waals surface area contributed by atoms with E-state index in [1.165, 1.54) is 25.2 Å².